The minimum atomic E-state index is -0.578. The van der Waals surface area contributed by atoms with Gasteiger partial charge in [-0.1, -0.05) is 5.16 Å². The van der Waals surface area contributed by atoms with Crippen molar-refractivity contribution in [3.63, 3.8) is 0 Å². The van der Waals surface area contributed by atoms with Crippen LogP contribution in [0.3, 0.4) is 0 Å². The maximum Gasteiger partial charge on any atom is 0.410 e. The van der Waals surface area contributed by atoms with E-state index >= 15 is 0 Å². The van der Waals surface area contributed by atoms with Crippen molar-refractivity contribution in [2.45, 2.75) is 26.4 Å². The highest BCUT2D eigenvalue weighted by atomic mass is 16.6. The van der Waals surface area contributed by atoms with Gasteiger partial charge in [-0.2, -0.15) is 0 Å². The Bertz CT molecular complexity index is 846. The van der Waals surface area contributed by atoms with E-state index in [1.165, 1.54) is 18.7 Å². The van der Waals surface area contributed by atoms with Crippen LogP contribution in [-0.2, 0) is 4.74 Å². The number of aromatic amines is 1. The molecule has 2 aromatic heterocycles. The first-order valence-corrected chi connectivity index (χ1v) is 8.77. The van der Waals surface area contributed by atoms with Crippen molar-refractivity contribution in [1.82, 2.24) is 24.9 Å². The summed E-state index contributed by atoms with van der Waals surface area (Å²) in [4.78, 5) is 47.0. The molecule has 3 amide bonds. The first-order valence-electron chi connectivity index (χ1n) is 8.77. The van der Waals surface area contributed by atoms with Crippen LogP contribution in [0.5, 0.6) is 0 Å². The van der Waals surface area contributed by atoms with Crippen molar-refractivity contribution >= 4 is 23.7 Å². The second-order valence-corrected chi connectivity index (χ2v) is 7.22. The lowest BCUT2D eigenvalue weighted by Crippen LogP contribution is -2.51. The average Bonchev–Trinajstić information content (AvgIpc) is 3.31. The molecule has 0 aromatic carbocycles. The number of amides is 3. The highest BCUT2D eigenvalue weighted by Crippen LogP contribution is 2.15. The van der Waals surface area contributed by atoms with Crippen LogP contribution >= 0.6 is 0 Å². The normalized spacial score (nSPS) is 14.7. The number of nitrogens with zero attached hydrogens (tertiary/aromatic N) is 4. The van der Waals surface area contributed by atoms with E-state index in [1.807, 2.05) is 0 Å². The first kappa shape index (κ1) is 19.4. The molecule has 150 valence electrons. The summed E-state index contributed by atoms with van der Waals surface area (Å²) in [5.41, 5.74) is -0.541. The Morgan fingerprint density at radius 3 is 2.46 bits per heavy atom. The molecular formula is C17H22N6O5. The summed E-state index contributed by atoms with van der Waals surface area (Å²) < 4.78 is 10.0. The molecule has 2 N–H and O–H groups in total. The summed E-state index contributed by atoms with van der Waals surface area (Å²) in [5, 5.41) is 6.09. The minimum absolute atomic E-state index is 0.0393. The predicted octanol–water partition coefficient (Wildman–Crippen LogP) is 1.34. The number of aromatic nitrogens is 3. The maximum atomic E-state index is 12.8. The number of rotatable bonds is 3. The van der Waals surface area contributed by atoms with Crippen LogP contribution in [0.25, 0.3) is 0 Å². The molecule has 28 heavy (non-hydrogen) atoms. The second kappa shape index (κ2) is 7.71. The maximum absolute atomic E-state index is 12.8. The fourth-order valence-electron chi connectivity index (χ4n) is 2.66. The van der Waals surface area contributed by atoms with Gasteiger partial charge in [0.25, 0.3) is 11.8 Å². The zero-order valence-corrected chi connectivity index (χ0v) is 15.9. The van der Waals surface area contributed by atoms with Gasteiger partial charge >= 0.3 is 6.09 Å². The molecule has 11 heteroatoms. The van der Waals surface area contributed by atoms with Crippen LogP contribution < -0.4 is 5.32 Å². The summed E-state index contributed by atoms with van der Waals surface area (Å²) in [5.74, 6) is -0.727. The molecule has 0 atom stereocenters. The Kier molecular flexibility index (Phi) is 5.34. The van der Waals surface area contributed by atoms with E-state index in [4.69, 9.17) is 4.74 Å². The summed E-state index contributed by atoms with van der Waals surface area (Å²) in [6, 6.07) is 1.47. The molecule has 1 saturated heterocycles. The van der Waals surface area contributed by atoms with Gasteiger partial charge in [0, 0.05) is 32.2 Å². The number of piperazine rings is 1. The van der Waals surface area contributed by atoms with Gasteiger partial charge in [0.1, 0.15) is 17.6 Å². The van der Waals surface area contributed by atoms with Crippen molar-refractivity contribution in [3.8, 4) is 0 Å². The number of H-pyrrole nitrogens is 1. The number of hydrogen-bond donors (Lipinski definition) is 2. The van der Waals surface area contributed by atoms with Crippen molar-refractivity contribution < 1.29 is 23.6 Å². The monoisotopic (exact) mass is 390 g/mol. The number of carbonyl (C=O) groups is 3. The predicted molar refractivity (Wildman–Crippen MR) is 96.8 cm³/mol. The smallest absolute Gasteiger partial charge is 0.410 e. The summed E-state index contributed by atoms with van der Waals surface area (Å²) >= 11 is 0. The van der Waals surface area contributed by atoms with Gasteiger partial charge in [0.15, 0.2) is 11.5 Å². The molecule has 0 aliphatic carbocycles. The molecule has 2 aromatic rings. The molecule has 0 spiro atoms. The van der Waals surface area contributed by atoms with E-state index in [2.05, 4.69) is 25.0 Å². The third-order valence-electron chi connectivity index (χ3n) is 3.97. The third kappa shape index (κ3) is 4.48. The van der Waals surface area contributed by atoms with Crippen LogP contribution in [0.4, 0.5) is 10.6 Å². The van der Waals surface area contributed by atoms with Crippen LogP contribution in [0.15, 0.2) is 23.2 Å². The van der Waals surface area contributed by atoms with Gasteiger partial charge in [0.2, 0.25) is 0 Å². The number of carbonyl (C=O) groups excluding carboxylic acids is 3. The van der Waals surface area contributed by atoms with Gasteiger partial charge in [-0.25, -0.2) is 9.78 Å². The molecular weight excluding hydrogens is 368 g/mol. The highest BCUT2D eigenvalue weighted by molar-refractivity contribution is 6.09. The summed E-state index contributed by atoms with van der Waals surface area (Å²) in [6.07, 6.45) is 2.19. The Labute approximate surface area is 161 Å². The van der Waals surface area contributed by atoms with Crippen molar-refractivity contribution in [2.75, 3.05) is 31.5 Å². The SMILES string of the molecule is CC(C)(C)OC(=O)N1CCN(C(=O)c2[nH]cnc2C(=O)Nc2ccon2)CC1. The number of anilines is 1. The fraction of sp³-hybridized carbons (Fsp3) is 0.471. The van der Waals surface area contributed by atoms with Gasteiger partial charge < -0.3 is 29.4 Å². The van der Waals surface area contributed by atoms with Crippen molar-refractivity contribution in [3.05, 3.63) is 30.0 Å². The first-order chi connectivity index (χ1) is 13.2. The van der Waals surface area contributed by atoms with E-state index < -0.39 is 17.6 Å². The zero-order chi connectivity index (χ0) is 20.3. The number of hydrogen-bond acceptors (Lipinski definition) is 7. The second-order valence-electron chi connectivity index (χ2n) is 7.22. The molecule has 1 aliphatic heterocycles. The highest BCUT2D eigenvalue weighted by Gasteiger charge is 2.30. The topological polar surface area (TPSA) is 134 Å². The van der Waals surface area contributed by atoms with Crippen molar-refractivity contribution in [2.24, 2.45) is 0 Å². The van der Waals surface area contributed by atoms with Gasteiger partial charge in [0.05, 0.1) is 6.33 Å². The summed E-state index contributed by atoms with van der Waals surface area (Å²) in [6.45, 7) is 6.73. The molecule has 1 fully saturated rings. The van der Waals surface area contributed by atoms with Crippen LogP contribution in [0, 0.1) is 0 Å². The molecule has 0 bridgehead atoms. The molecule has 3 rings (SSSR count). The van der Waals surface area contributed by atoms with Gasteiger partial charge in [-0.3, -0.25) is 9.59 Å². The Morgan fingerprint density at radius 2 is 1.86 bits per heavy atom. The van der Waals surface area contributed by atoms with Crippen LogP contribution in [0.1, 0.15) is 41.7 Å². The average molecular weight is 390 g/mol. The van der Waals surface area contributed by atoms with E-state index in [1.54, 1.807) is 30.6 Å². The lowest BCUT2D eigenvalue weighted by Gasteiger charge is -2.35. The molecule has 0 unspecified atom stereocenters. The number of imidazole rings is 1. The lowest BCUT2D eigenvalue weighted by atomic mass is 10.2. The quantitative estimate of drug-likeness (QED) is 0.808. The number of nitrogens with one attached hydrogen (secondary N) is 2. The van der Waals surface area contributed by atoms with E-state index in [-0.39, 0.29) is 23.1 Å². The largest absolute Gasteiger partial charge is 0.444 e. The molecule has 3 heterocycles. The Hall–Kier alpha value is -3.37. The van der Waals surface area contributed by atoms with Gasteiger partial charge in [-0.15, -0.1) is 0 Å². The van der Waals surface area contributed by atoms with E-state index in [0.717, 1.165) is 0 Å². The lowest BCUT2D eigenvalue weighted by molar-refractivity contribution is 0.0140. The van der Waals surface area contributed by atoms with E-state index in [0.29, 0.717) is 26.2 Å². The Morgan fingerprint density at radius 1 is 1.18 bits per heavy atom. The molecule has 0 saturated carbocycles. The van der Waals surface area contributed by atoms with E-state index in [9.17, 15) is 14.4 Å². The minimum Gasteiger partial charge on any atom is -0.444 e. The summed E-state index contributed by atoms with van der Waals surface area (Å²) in [7, 11) is 0. The zero-order valence-electron chi connectivity index (χ0n) is 15.9. The van der Waals surface area contributed by atoms with Crippen LogP contribution in [-0.4, -0.2) is 74.6 Å². The standard InChI is InChI=1S/C17H22N6O5/c1-17(2,3)28-16(26)23-7-5-22(6-8-23)15(25)13-12(18-10-19-13)14(24)20-11-4-9-27-21-11/h4,9-10H,5-8H2,1-3H3,(H,18,19)(H,20,21,24). The fourth-order valence-corrected chi connectivity index (χ4v) is 2.66. The number of ether oxygens (including phenoxy) is 1. The Balaban J connectivity index is 1.61. The molecule has 0 radical (unpaired) electrons. The molecule has 11 nitrogen and oxygen atoms in total. The molecule has 1 aliphatic rings. The van der Waals surface area contributed by atoms with Gasteiger partial charge in [-0.05, 0) is 20.8 Å². The van der Waals surface area contributed by atoms with Crippen molar-refractivity contribution in [1.29, 1.82) is 0 Å². The third-order valence-corrected chi connectivity index (χ3v) is 3.97. The van der Waals surface area contributed by atoms with Crippen LogP contribution in [0.2, 0.25) is 0 Å².